The average Bonchev–Trinajstić information content (AvgIpc) is 2.83. The Hall–Kier alpha value is -3.38. The summed E-state index contributed by atoms with van der Waals surface area (Å²) in [4.78, 5) is 22.7. The molecule has 176 valence electrons. The van der Waals surface area contributed by atoms with E-state index in [1.165, 1.54) is 32.6 Å². The van der Waals surface area contributed by atoms with Gasteiger partial charge in [0.2, 0.25) is 0 Å². The van der Waals surface area contributed by atoms with Crippen LogP contribution in [0.3, 0.4) is 0 Å². The van der Waals surface area contributed by atoms with Gasteiger partial charge in [-0.15, -0.1) is 0 Å². The molecule has 34 heavy (non-hydrogen) atoms. The number of nitrogens with zero attached hydrogens (tertiary/aromatic N) is 2. The Morgan fingerprint density at radius 3 is 2.47 bits per heavy atom. The number of hydrogen-bond donors (Lipinski definition) is 1. The van der Waals surface area contributed by atoms with E-state index in [0.717, 1.165) is 9.13 Å². The lowest BCUT2D eigenvalue weighted by Gasteiger charge is -2.13. The molecular weight excluding hydrogens is 577 g/mol. The maximum Gasteiger partial charge on any atom is 0.271 e. The maximum absolute atomic E-state index is 12.3. The van der Waals surface area contributed by atoms with Crippen LogP contribution >= 0.6 is 34.2 Å². The van der Waals surface area contributed by atoms with Crippen LogP contribution in [0.15, 0.2) is 59.7 Å². The Balaban J connectivity index is 1.68. The van der Waals surface area contributed by atoms with Crippen LogP contribution in [0.2, 0.25) is 5.02 Å². The first-order valence-corrected chi connectivity index (χ1v) is 11.2. The van der Waals surface area contributed by atoms with Gasteiger partial charge < -0.3 is 14.2 Å². The topological polar surface area (TPSA) is 112 Å². The van der Waals surface area contributed by atoms with Gasteiger partial charge in [0.05, 0.1) is 34.0 Å². The summed E-state index contributed by atoms with van der Waals surface area (Å²) in [5.74, 6) is 0.879. The van der Waals surface area contributed by atoms with E-state index in [2.05, 4.69) is 33.1 Å². The lowest BCUT2D eigenvalue weighted by molar-refractivity contribution is -0.384. The fourth-order valence-corrected chi connectivity index (χ4v) is 3.68. The highest BCUT2D eigenvalue weighted by molar-refractivity contribution is 14.1. The van der Waals surface area contributed by atoms with E-state index in [0.29, 0.717) is 28.4 Å². The third kappa shape index (κ3) is 6.35. The highest BCUT2D eigenvalue weighted by atomic mass is 127. The van der Waals surface area contributed by atoms with Crippen molar-refractivity contribution < 1.29 is 23.9 Å². The number of methoxy groups -OCH3 is 2. The zero-order valence-electron chi connectivity index (χ0n) is 18.1. The SMILES string of the molecule is COc1cc(C(=O)N/N=C\c2cc(Cl)c(OCc3ccc([N+](=O)[O-])cc3)c(OC)c2)ccc1I. The third-order valence-electron chi connectivity index (χ3n) is 4.58. The van der Waals surface area contributed by atoms with Crippen LogP contribution in [-0.4, -0.2) is 31.3 Å². The molecule has 0 fully saturated rings. The van der Waals surface area contributed by atoms with E-state index in [-0.39, 0.29) is 17.3 Å². The van der Waals surface area contributed by atoms with Crippen molar-refractivity contribution in [1.82, 2.24) is 5.43 Å². The molecule has 0 bridgehead atoms. The summed E-state index contributed by atoms with van der Waals surface area (Å²) in [5.41, 5.74) is 4.16. The molecule has 0 heterocycles. The second kappa shape index (κ2) is 11.7. The molecule has 3 rings (SSSR count). The number of nitrogens with one attached hydrogen (secondary N) is 1. The minimum Gasteiger partial charge on any atom is -0.496 e. The van der Waals surface area contributed by atoms with Crippen molar-refractivity contribution in [3.05, 3.63) is 90.0 Å². The van der Waals surface area contributed by atoms with Crippen molar-refractivity contribution in [2.45, 2.75) is 6.61 Å². The summed E-state index contributed by atoms with van der Waals surface area (Å²) in [6, 6.07) is 14.3. The number of ether oxygens (including phenoxy) is 3. The summed E-state index contributed by atoms with van der Waals surface area (Å²) < 4.78 is 17.3. The van der Waals surface area contributed by atoms with Crippen molar-refractivity contribution in [3.8, 4) is 17.2 Å². The Kier molecular flexibility index (Phi) is 8.66. The summed E-state index contributed by atoms with van der Waals surface area (Å²) >= 11 is 8.49. The Morgan fingerprint density at radius 2 is 1.82 bits per heavy atom. The molecule has 1 amide bonds. The molecule has 0 atom stereocenters. The molecular formula is C23H19ClIN3O6. The van der Waals surface area contributed by atoms with Crippen molar-refractivity contribution in [3.63, 3.8) is 0 Å². The van der Waals surface area contributed by atoms with E-state index >= 15 is 0 Å². The smallest absolute Gasteiger partial charge is 0.271 e. The van der Waals surface area contributed by atoms with Crippen LogP contribution in [0.4, 0.5) is 5.69 Å². The van der Waals surface area contributed by atoms with E-state index in [9.17, 15) is 14.9 Å². The van der Waals surface area contributed by atoms with Crippen molar-refractivity contribution in [1.29, 1.82) is 0 Å². The minimum atomic E-state index is -0.468. The summed E-state index contributed by atoms with van der Waals surface area (Å²) in [7, 11) is 3.00. The quantitative estimate of drug-likeness (QED) is 0.157. The molecule has 0 radical (unpaired) electrons. The predicted octanol–water partition coefficient (Wildman–Crippen LogP) is 5.21. The second-order valence-corrected chi connectivity index (χ2v) is 8.36. The average molecular weight is 596 g/mol. The molecule has 3 aromatic carbocycles. The first-order chi connectivity index (χ1) is 16.3. The summed E-state index contributed by atoms with van der Waals surface area (Å²) in [6.45, 7) is 0.136. The Bertz CT molecular complexity index is 1230. The number of rotatable bonds is 9. The van der Waals surface area contributed by atoms with E-state index in [4.69, 9.17) is 25.8 Å². The highest BCUT2D eigenvalue weighted by Gasteiger charge is 2.13. The Labute approximate surface area is 214 Å². The zero-order valence-corrected chi connectivity index (χ0v) is 21.0. The number of hydrogen-bond acceptors (Lipinski definition) is 7. The minimum absolute atomic E-state index is 0.00347. The van der Waals surface area contributed by atoms with Gasteiger partial charge in [-0.3, -0.25) is 14.9 Å². The van der Waals surface area contributed by atoms with Crippen LogP contribution in [0.1, 0.15) is 21.5 Å². The third-order valence-corrected chi connectivity index (χ3v) is 5.75. The van der Waals surface area contributed by atoms with Gasteiger partial charge in [-0.25, -0.2) is 5.43 Å². The summed E-state index contributed by atoms with van der Waals surface area (Å²) in [6.07, 6.45) is 1.43. The number of halogens is 2. The first-order valence-electron chi connectivity index (χ1n) is 9.73. The number of benzene rings is 3. The molecule has 9 nitrogen and oxygen atoms in total. The lowest BCUT2D eigenvalue weighted by Crippen LogP contribution is -2.17. The standard InChI is InChI=1S/C23H19ClIN3O6/c1-32-20-11-16(5-8-19(20)25)23(29)27-26-12-15-9-18(24)22(21(10-15)33-2)34-13-14-3-6-17(7-4-14)28(30)31/h3-12H,13H2,1-2H3,(H,27,29)/b26-12-. The van der Waals surface area contributed by atoms with Gasteiger partial charge in [0.25, 0.3) is 11.6 Å². The van der Waals surface area contributed by atoms with Crippen LogP contribution in [0.25, 0.3) is 0 Å². The number of non-ortho nitro benzene ring substituents is 1. The molecule has 1 N–H and O–H groups in total. The summed E-state index contributed by atoms with van der Waals surface area (Å²) in [5, 5.41) is 15.0. The van der Waals surface area contributed by atoms with Gasteiger partial charge in [-0.2, -0.15) is 5.10 Å². The molecule has 0 saturated carbocycles. The molecule has 3 aromatic rings. The molecule has 0 saturated heterocycles. The first kappa shape index (κ1) is 25.2. The Morgan fingerprint density at radius 1 is 1.12 bits per heavy atom. The fraction of sp³-hybridized carbons (Fsp3) is 0.130. The van der Waals surface area contributed by atoms with Gasteiger partial charge in [0, 0.05) is 17.7 Å². The molecule has 0 unspecified atom stereocenters. The molecule has 0 aromatic heterocycles. The van der Waals surface area contributed by atoms with Crippen LogP contribution in [0, 0.1) is 13.7 Å². The molecule has 0 spiro atoms. The van der Waals surface area contributed by atoms with Gasteiger partial charge in [0.15, 0.2) is 11.5 Å². The van der Waals surface area contributed by atoms with Gasteiger partial charge >= 0.3 is 0 Å². The van der Waals surface area contributed by atoms with Crippen LogP contribution < -0.4 is 19.6 Å². The maximum atomic E-state index is 12.3. The largest absolute Gasteiger partial charge is 0.496 e. The number of carbonyl (C=O) groups excluding carboxylic acids is 1. The van der Waals surface area contributed by atoms with Crippen LogP contribution in [-0.2, 0) is 6.61 Å². The molecule has 0 aliphatic heterocycles. The number of nitro benzene ring substituents is 1. The second-order valence-electron chi connectivity index (χ2n) is 6.79. The van der Waals surface area contributed by atoms with Crippen molar-refractivity contribution in [2.24, 2.45) is 5.10 Å². The van der Waals surface area contributed by atoms with E-state index < -0.39 is 10.8 Å². The number of nitro groups is 1. The van der Waals surface area contributed by atoms with Gasteiger partial charge in [0.1, 0.15) is 12.4 Å². The lowest BCUT2D eigenvalue weighted by atomic mass is 10.2. The highest BCUT2D eigenvalue weighted by Crippen LogP contribution is 2.36. The number of carbonyl (C=O) groups is 1. The fourth-order valence-electron chi connectivity index (χ4n) is 2.85. The van der Waals surface area contributed by atoms with Crippen molar-refractivity contribution >= 4 is 52.0 Å². The molecule has 0 aliphatic rings. The number of hydrazone groups is 1. The van der Waals surface area contributed by atoms with E-state index in [1.54, 1.807) is 42.5 Å². The normalized spacial score (nSPS) is 10.7. The van der Waals surface area contributed by atoms with E-state index in [1.807, 2.05) is 0 Å². The predicted molar refractivity (Wildman–Crippen MR) is 136 cm³/mol. The number of amides is 1. The van der Waals surface area contributed by atoms with Crippen molar-refractivity contribution in [2.75, 3.05) is 14.2 Å². The monoisotopic (exact) mass is 595 g/mol. The zero-order chi connectivity index (χ0) is 24.7. The molecule has 0 aliphatic carbocycles. The van der Waals surface area contributed by atoms with Crippen LogP contribution in [0.5, 0.6) is 17.2 Å². The van der Waals surface area contributed by atoms with Gasteiger partial charge in [-0.05, 0) is 76.2 Å². The van der Waals surface area contributed by atoms with Gasteiger partial charge in [-0.1, -0.05) is 11.6 Å². The molecule has 11 heteroatoms.